The highest BCUT2D eigenvalue weighted by atomic mass is 16.5. The summed E-state index contributed by atoms with van der Waals surface area (Å²) in [5, 5.41) is 12.0. The maximum absolute atomic E-state index is 11.4. The van der Waals surface area contributed by atoms with E-state index >= 15 is 0 Å². The first-order valence-corrected chi connectivity index (χ1v) is 6.13. The van der Waals surface area contributed by atoms with E-state index in [0.717, 1.165) is 12.8 Å². The second-order valence-corrected chi connectivity index (χ2v) is 4.61. The molecule has 1 atom stereocenters. The summed E-state index contributed by atoms with van der Waals surface area (Å²) in [6.07, 6.45) is 3.61. The van der Waals surface area contributed by atoms with Crippen LogP contribution in [0.3, 0.4) is 0 Å². The molecular formula is C13H16N2O4. The van der Waals surface area contributed by atoms with E-state index < -0.39 is 11.9 Å². The Bertz CT molecular complexity index is 485. The number of esters is 1. The topological polar surface area (TPSA) is 88.5 Å². The molecule has 1 heterocycles. The molecule has 102 valence electrons. The van der Waals surface area contributed by atoms with Gasteiger partial charge >= 0.3 is 11.9 Å². The molecule has 6 heteroatoms. The summed E-state index contributed by atoms with van der Waals surface area (Å²) in [5.41, 5.74) is 0.393. The number of hydrogen-bond donors (Lipinski definition) is 2. The maximum atomic E-state index is 11.4. The predicted octanol–water partition coefficient (Wildman–Crippen LogP) is 1.53. The number of methoxy groups -OCH3 is 1. The Morgan fingerprint density at radius 2 is 2.32 bits per heavy atom. The molecule has 1 fully saturated rings. The number of hydrogen-bond acceptors (Lipinski definition) is 5. The quantitative estimate of drug-likeness (QED) is 0.757. The maximum Gasteiger partial charge on any atom is 0.338 e. The average Bonchev–Trinajstić information content (AvgIpc) is 3.21. The Morgan fingerprint density at radius 3 is 2.89 bits per heavy atom. The van der Waals surface area contributed by atoms with Crippen molar-refractivity contribution in [3.05, 3.63) is 23.9 Å². The van der Waals surface area contributed by atoms with Gasteiger partial charge in [0.15, 0.2) is 0 Å². The lowest BCUT2D eigenvalue weighted by Gasteiger charge is -2.17. The molecule has 2 N–H and O–H groups in total. The van der Waals surface area contributed by atoms with Crippen LogP contribution in [0.2, 0.25) is 0 Å². The van der Waals surface area contributed by atoms with Crippen LogP contribution in [-0.4, -0.2) is 35.2 Å². The van der Waals surface area contributed by atoms with Gasteiger partial charge in [0.2, 0.25) is 0 Å². The number of aliphatic carboxylic acids is 1. The lowest BCUT2D eigenvalue weighted by atomic mass is 10.1. The van der Waals surface area contributed by atoms with E-state index in [-0.39, 0.29) is 12.5 Å². The van der Waals surface area contributed by atoms with Crippen molar-refractivity contribution in [2.45, 2.75) is 25.3 Å². The normalized spacial score (nSPS) is 15.6. The van der Waals surface area contributed by atoms with Gasteiger partial charge in [0.1, 0.15) is 5.82 Å². The zero-order chi connectivity index (χ0) is 13.8. The van der Waals surface area contributed by atoms with Crippen molar-refractivity contribution in [1.29, 1.82) is 0 Å². The molecule has 2 rings (SSSR count). The van der Waals surface area contributed by atoms with Crippen LogP contribution in [0.5, 0.6) is 0 Å². The fraction of sp³-hybridized carbons (Fsp3) is 0.462. The van der Waals surface area contributed by atoms with E-state index in [1.807, 2.05) is 0 Å². The van der Waals surface area contributed by atoms with E-state index in [9.17, 15) is 9.59 Å². The minimum atomic E-state index is -0.839. The van der Waals surface area contributed by atoms with Gasteiger partial charge < -0.3 is 15.2 Å². The monoisotopic (exact) mass is 264 g/mol. The Balaban J connectivity index is 2.08. The third-order valence-corrected chi connectivity index (χ3v) is 3.10. The van der Waals surface area contributed by atoms with Crippen LogP contribution >= 0.6 is 0 Å². The van der Waals surface area contributed by atoms with Crippen LogP contribution in [-0.2, 0) is 9.53 Å². The number of carbonyl (C=O) groups is 2. The van der Waals surface area contributed by atoms with Gasteiger partial charge in [-0.15, -0.1) is 0 Å². The lowest BCUT2D eigenvalue weighted by Crippen LogP contribution is -2.26. The van der Waals surface area contributed by atoms with E-state index in [1.54, 1.807) is 12.1 Å². The second-order valence-electron chi connectivity index (χ2n) is 4.61. The highest BCUT2D eigenvalue weighted by molar-refractivity contribution is 5.90. The minimum Gasteiger partial charge on any atom is -0.481 e. The zero-order valence-electron chi connectivity index (χ0n) is 10.6. The molecule has 1 aliphatic rings. The molecule has 1 unspecified atom stereocenters. The van der Waals surface area contributed by atoms with Crippen molar-refractivity contribution >= 4 is 17.8 Å². The van der Waals surface area contributed by atoms with E-state index in [1.165, 1.54) is 13.3 Å². The number of carboxylic acid groups (broad SMARTS) is 1. The van der Waals surface area contributed by atoms with Gasteiger partial charge in [0.05, 0.1) is 19.1 Å². The highest BCUT2D eigenvalue weighted by Gasteiger charge is 2.32. The molecule has 19 heavy (non-hydrogen) atoms. The van der Waals surface area contributed by atoms with Crippen LogP contribution in [0.4, 0.5) is 5.82 Å². The summed E-state index contributed by atoms with van der Waals surface area (Å²) >= 11 is 0. The molecule has 1 aromatic rings. The number of anilines is 1. The molecule has 0 bridgehead atoms. The van der Waals surface area contributed by atoms with Crippen molar-refractivity contribution in [2.24, 2.45) is 5.92 Å². The molecule has 0 aromatic carbocycles. The summed E-state index contributed by atoms with van der Waals surface area (Å²) in [4.78, 5) is 26.3. The first-order valence-electron chi connectivity index (χ1n) is 6.13. The van der Waals surface area contributed by atoms with Gasteiger partial charge in [-0.2, -0.15) is 0 Å². The molecule has 1 aliphatic carbocycles. The van der Waals surface area contributed by atoms with Crippen molar-refractivity contribution < 1.29 is 19.4 Å². The van der Waals surface area contributed by atoms with Gasteiger partial charge in [-0.25, -0.2) is 9.78 Å². The summed E-state index contributed by atoms with van der Waals surface area (Å²) in [6.45, 7) is 0. The smallest absolute Gasteiger partial charge is 0.338 e. The lowest BCUT2D eigenvalue weighted by molar-refractivity contribution is -0.137. The number of ether oxygens (including phenoxy) is 1. The molecule has 0 saturated heterocycles. The van der Waals surface area contributed by atoms with Gasteiger partial charge in [-0.1, -0.05) is 0 Å². The number of aromatic nitrogens is 1. The van der Waals surface area contributed by atoms with Gasteiger partial charge in [-0.05, 0) is 30.9 Å². The highest BCUT2D eigenvalue weighted by Crippen LogP contribution is 2.35. The van der Waals surface area contributed by atoms with E-state index in [4.69, 9.17) is 5.11 Å². The zero-order valence-corrected chi connectivity index (χ0v) is 10.6. The molecule has 1 saturated carbocycles. The summed E-state index contributed by atoms with van der Waals surface area (Å²) in [7, 11) is 1.31. The Hall–Kier alpha value is -2.11. The van der Waals surface area contributed by atoms with Crippen LogP contribution < -0.4 is 5.32 Å². The number of nitrogens with zero attached hydrogens (tertiary/aromatic N) is 1. The third kappa shape index (κ3) is 3.67. The number of carboxylic acids is 1. The average molecular weight is 264 g/mol. The van der Waals surface area contributed by atoms with Crippen molar-refractivity contribution in [2.75, 3.05) is 12.4 Å². The van der Waals surface area contributed by atoms with Crippen LogP contribution in [0.25, 0.3) is 0 Å². The minimum absolute atomic E-state index is 0.0504. The van der Waals surface area contributed by atoms with Crippen molar-refractivity contribution in [3.8, 4) is 0 Å². The molecule has 6 nitrogen and oxygen atoms in total. The van der Waals surface area contributed by atoms with Gasteiger partial charge in [-0.3, -0.25) is 4.79 Å². The number of carbonyl (C=O) groups excluding carboxylic acids is 1. The number of nitrogens with one attached hydrogen (secondary N) is 1. The number of rotatable bonds is 6. The predicted molar refractivity (Wildman–Crippen MR) is 68.0 cm³/mol. The number of pyridine rings is 1. The van der Waals surface area contributed by atoms with E-state index in [0.29, 0.717) is 17.3 Å². The first kappa shape index (κ1) is 13.3. The first-order chi connectivity index (χ1) is 9.10. The van der Waals surface area contributed by atoms with Crippen LogP contribution in [0.1, 0.15) is 29.6 Å². The van der Waals surface area contributed by atoms with Gasteiger partial charge in [0.25, 0.3) is 0 Å². The summed E-state index contributed by atoms with van der Waals surface area (Å²) in [5.74, 6) is -0.402. The second kappa shape index (κ2) is 5.69. The third-order valence-electron chi connectivity index (χ3n) is 3.10. The molecular weight excluding hydrogens is 248 g/mol. The van der Waals surface area contributed by atoms with Gasteiger partial charge in [0, 0.05) is 12.2 Å². The Morgan fingerprint density at radius 1 is 1.58 bits per heavy atom. The molecule has 0 radical (unpaired) electrons. The molecule has 0 aliphatic heterocycles. The summed E-state index contributed by atoms with van der Waals surface area (Å²) in [6, 6.07) is 2.99. The molecule has 1 aromatic heterocycles. The fourth-order valence-electron chi connectivity index (χ4n) is 1.97. The standard InChI is InChI=1S/C13H16N2O4/c1-19-13(18)9-4-5-14-11(6-9)15-10(7-12(16)17)8-2-3-8/h4-6,8,10H,2-3,7H2,1H3,(H,14,15)(H,16,17). The molecule has 0 amide bonds. The SMILES string of the molecule is COC(=O)c1ccnc(NC(CC(=O)O)C2CC2)c1. The fourth-order valence-corrected chi connectivity index (χ4v) is 1.97. The summed E-state index contributed by atoms with van der Waals surface area (Å²) < 4.78 is 4.63. The largest absolute Gasteiger partial charge is 0.481 e. The van der Waals surface area contributed by atoms with Crippen LogP contribution in [0, 0.1) is 5.92 Å². The molecule has 0 spiro atoms. The van der Waals surface area contributed by atoms with E-state index in [2.05, 4.69) is 15.0 Å². The van der Waals surface area contributed by atoms with Crippen molar-refractivity contribution in [3.63, 3.8) is 0 Å². The Labute approximate surface area is 110 Å². The van der Waals surface area contributed by atoms with Crippen LogP contribution in [0.15, 0.2) is 18.3 Å². The Kier molecular flexibility index (Phi) is 3.99. The van der Waals surface area contributed by atoms with Crippen molar-refractivity contribution in [1.82, 2.24) is 4.98 Å².